The highest BCUT2D eigenvalue weighted by atomic mass is 35.5. The number of carbonyl (C=O) groups is 1. The minimum atomic E-state index is -3.79. The molecule has 3 rings (SSSR count). The second-order valence-electron chi connectivity index (χ2n) is 7.14. The van der Waals surface area contributed by atoms with Crippen molar-refractivity contribution >= 4 is 50.6 Å². The Kier molecular flexibility index (Phi) is 8.57. The predicted octanol–water partition coefficient (Wildman–Crippen LogP) is 4.69. The van der Waals surface area contributed by atoms with Gasteiger partial charge in [0.25, 0.3) is 10.0 Å². The first-order valence-electron chi connectivity index (χ1n) is 10.1. The molecule has 3 aromatic carbocycles. The molecule has 2 amide bonds. The third-order valence-corrected chi connectivity index (χ3v) is 7.00. The summed E-state index contributed by atoms with van der Waals surface area (Å²) in [6.45, 7) is 0.374. The van der Waals surface area contributed by atoms with Crippen LogP contribution < -0.4 is 15.4 Å². The first-order chi connectivity index (χ1) is 15.8. The quantitative estimate of drug-likeness (QED) is 0.336. The summed E-state index contributed by atoms with van der Waals surface area (Å²) < 4.78 is 27.7. The molecule has 0 aliphatic carbocycles. The van der Waals surface area contributed by atoms with Gasteiger partial charge in [0, 0.05) is 24.5 Å². The molecule has 0 atom stereocenters. The molecule has 0 aliphatic heterocycles. The Morgan fingerprint density at radius 2 is 1.55 bits per heavy atom. The molecular formula is C23H23Cl2N3O4S. The molecule has 0 aromatic heterocycles. The Bertz CT molecular complexity index is 1200. The fourth-order valence-corrected chi connectivity index (χ4v) is 4.50. The summed E-state index contributed by atoms with van der Waals surface area (Å²) in [7, 11) is -3.79. The predicted molar refractivity (Wildman–Crippen MR) is 132 cm³/mol. The zero-order valence-corrected chi connectivity index (χ0v) is 19.8. The van der Waals surface area contributed by atoms with E-state index < -0.39 is 16.1 Å². The molecule has 0 spiro atoms. The van der Waals surface area contributed by atoms with Crippen LogP contribution in [0.25, 0.3) is 0 Å². The van der Waals surface area contributed by atoms with Crippen LogP contribution >= 0.6 is 23.2 Å². The smallest absolute Gasteiger partial charge is 0.319 e. The number of anilines is 2. The first kappa shape index (κ1) is 24.9. The van der Waals surface area contributed by atoms with E-state index in [1.165, 1.54) is 24.3 Å². The highest BCUT2D eigenvalue weighted by Crippen LogP contribution is 2.25. The first-order valence-corrected chi connectivity index (χ1v) is 12.3. The van der Waals surface area contributed by atoms with Gasteiger partial charge < -0.3 is 15.7 Å². The number of aliphatic hydroxyl groups excluding tert-OH is 1. The molecule has 174 valence electrons. The van der Waals surface area contributed by atoms with Crippen molar-refractivity contribution in [2.75, 3.05) is 23.2 Å². The SMILES string of the molecule is O=C(NCCc1cccc(Cl)c1Cl)Nc1ccc(S(=O)(=O)Nc2ccc(CCO)cc2)cc1. The summed E-state index contributed by atoms with van der Waals surface area (Å²) in [6, 6.07) is 17.5. The van der Waals surface area contributed by atoms with E-state index in [2.05, 4.69) is 15.4 Å². The molecule has 0 radical (unpaired) electrons. The van der Waals surface area contributed by atoms with Crippen LogP contribution in [0.15, 0.2) is 71.6 Å². The number of hydrogen-bond acceptors (Lipinski definition) is 4. The van der Waals surface area contributed by atoms with Crippen LogP contribution in [0.4, 0.5) is 16.2 Å². The number of carbonyl (C=O) groups excluding carboxylic acids is 1. The Morgan fingerprint density at radius 1 is 0.879 bits per heavy atom. The van der Waals surface area contributed by atoms with E-state index in [0.29, 0.717) is 40.8 Å². The largest absolute Gasteiger partial charge is 0.396 e. The van der Waals surface area contributed by atoms with Gasteiger partial charge in [0.1, 0.15) is 0 Å². The van der Waals surface area contributed by atoms with Crippen molar-refractivity contribution in [1.82, 2.24) is 5.32 Å². The van der Waals surface area contributed by atoms with Gasteiger partial charge in [-0.05, 0) is 66.4 Å². The maximum atomic E-state index is 12.6. The summed E-state index contributed by atoms with van der Waals surface area (Å²) in [5.41, 5.74) is 2.60. The van der Waals surface area contributed by atoms with Crippen molar-refractivity contribution in [2.45, 2.75) is 17.7 Å². The number of halogens is 2. The van der Waals surface area contributed by atoms with Gasteiger partial charge in [-0.25, -0.2) is 13.2 Å². The van der Waals surface area contributed by atoms with E-state index in [1.807, 2.05) is 6.07 Å². The fourth-order valence-electron chi connectivity index (χ4n) is 3.03. The number of nitrogens with one attached hydrogen (secondary N) is 3. The molecule has 10 heteroatoms. The van der Waals surface area contributed by atoms with E-state index in [-0.39, 0.29) is 11.5 Å². The highest BCUT2D eigenvalue weighted by Gasteiger charge is 2.14. The Balaban J connectivity index is 1.53. The van der Waals surface area contributed by atoms with Crippen molar-refractivity contribution in [1.29, 1.82) is 0 Å². The van der Waals surface area contributed by atoms with Crippen molar-refractivity contribution in [3.8, 4) is 0 Å². The van der Waals surface area contributed by atoms with E-state index in [9.17, 15) is 13.2 Å². The average Bonchev–Trinajstić information content (AvgIpc) is 2.78. The Hall–Kier alpha value is -2.78. The summed E-state index contributed by atoms with van der Waals surface area (Å²) in [5.74, 6) is 0. The maximum Gasteiger partial charge on any atom is 0.319 e. The zero-order chi connectivity index (χ0) is 23.8. The van der Waals surface area contributed by atoms with Crippen LogP contribution in [0, 0.1) is 0 Å². The van der Waals surface area contributed by atoms with Gasteiger partial charge in [0.05, 0.1) is 14.9 Å². The van der Waals surface area contributed by atoms with Crippen LogP contribution in [0.3, 0.4) is 0 Å². The number of urea groups is 1. The van der Waals surface area contributed by atoms with Crippen molar-refractivity contribution in [3.63, 3.8) is 0 Å². The molecule has 33 heavy (non-hydrogen) atoms. The lowest BCUT2D eigenvalue weighted by Crippen LogP contribution is -2.30. The monoisotopic (exact) mass is 507 g/mol. The van der Waals surface area contributed by atoms with Crippen molar-refractivity contribution < 1.29 is 18.3 Å². The van der Waals surface area contributed by atoms with Crippen LogP contribution in [0.5, 0.6) is 0 Å². The average molecular weight is 508 g/mol. The normalized spacial score (nSPS) is 11.1. The molecule has 0 unspecified atom stereocenters. The molecular weight excluding hydrogens is 485 g/mol. The zero-order valence-electron chi connectivity index (χ0n) is 17.5. The van der Waals surface area contributed by atoms with E-state index in [1.54, 1.807) is 36.4 Å². The van der Waals surface area contributed by atoms with Gasteiger partial charge in [-0.1, -0.05) is 47.5 Å². The number of benzene rings is 3. The van der Waals surface area contributed by atoms with E-state index in [4.69, 9.17) is 28.3 Å². The van der Waals surface area contributed by atoms with Gasteiger partial charge in [-0.3, -0.25) is 4.72 Å². The van der Waals surface area contributed by atoms with Crippen LogP contribution in [-0.2, 0) is 22.9 Å². The minimum Gasteiger partial charge on any atom is -0.396 e. The molecule has 0 aliphatic rings. The molecule has 0 bridgehead atoms. The Morgan fingerprint density at radius 3 is 2.21 bits per heavy atom. The van der Waals surface area contributed by atoms with Crippen LogP contribution in [0.1, 0.15) is 11.1 Å². The van der Waals surface area contributed by atoms with Gasteiger partial charge >= 0.3 is 6.03 Å². The lowest BCUT2D eigenvalue weighted by atomic mass is 10.1. The van der Waals surface area contributed by atoms with E-state index >= 15 is 0 Å². The van der Waals surface area contributed by atoms with Crippen LogP contribution in [-0.4, -0.2) is 32.7 Å². The van der Waals surface area contributed by atoms with Gasteiger partial charge in [-0.2, -0.15) is 0 Å². The summed E-state index contributed by atoms with van der Waals surface area (Å²) in [4.78, 5) is 12.2. The minimum absolute atomic E-state index is 0.0275. The molecule has 3 aromatic rings. The van der Waals surface area contributed by atoms with Gasteiger partial charge in [0.2, 0.25) is 0 Å². The number of amides is 2. The third kappa shape index (κ3) is 7.10. The van der Waals surface area contributed by atoms with Crippen molar-refractivity contribution in [3.05, 3.63) is 87.9 Å². The molecule has 0 fully saturated rings. The lowest BCUT2D eigenvalue weighted by molar-refractivity contribution is 0.252. The number of rotatable bonds is 9. The topological polar surface area (TPSA) is 108 Å². The molecule has 0 saturated heterocycles. The highest BCUT2D eigenvalue weighted by molar-refractivity contribution is 7.92. The third-order valence-electron chi connectivity index (χ3n) is 4.74. The summed E-state index contributed by atoms with van der Waals surface area (Å²) >= 11 is 12.1. The second kappa shape index (κ2) is 11.4. The Labute approximate surface area is 202 Å². The van der Waals surface area contributed by atoms with Crippen molar-refractivity contribution in [2.24, 2.45) is 0 Å². The molecule has 7 nitrogen and oxygen atoms in total. The summed E-state index contributed by atoms with van der Waals surface area (Å²) in [5, 5.41) is 15.3. The molecule has 0 heterocycles. The summed E-state index contributed by atoms with van der Waals surface area (Å²) in [6.07, 6.45) is 1.01. The van der Waals surface area contributed by atoms with Crippen LogP contribution in [0.2, 0.25) is 10.0 Å². The number of aliphatic hydroxyl groups is 1. The molecule has 0 saturated carbocycles. The standard InChI is InChI=1S/C23H23Cl2N3O4S/c24-21-3-1-2-17(22(21)25)12-14-26-23(30)27-18-8-10-20(11-9-18)33(31,32)28-19-6-4-16(5-7-19)13-15-29/h1-11,28-29H,12-15H2,(H2,26,27,30). The number of sulfonamides is 1. The molecule has 4 N–H and O–H groups in total. The second-order valence-corrected chi connectivity index (χ2v) is 9.61. The number of hydrogen-bond donors (Lipinski definition) is 4. The van der Waals surface area contributed by atoms with E-state index in [0.717, 1.165) is 11.1 Å². The van der Waals surface area contributed by atoms with Gasteiger partial charge in [0.15, 0.2) is 0 Å². The maximum absolute atomic E-state index is 12.6. The lowest BCUT2D eigenvalue weighted by Gasteiger charge is -2.11. The fraction of sp³-hybridized carbons (Fsp3) is 0.174. The van der Waals surface area contributed by atoms with Gasteiger partial charge in [-0.15, -0.1) is 0 Å².